The van der Waals surface area contributed by atoms with E-state index >= 15 is 0 Å². The second-order valence-corrected chi connectivity index (χ2v) is 7.76. The van der Waals surface area contributed by atoms with Crippen molar-refractivity contribution in [2.45, 2.75) is 17.9 Å². The molecule has 0 saturated heterocycles. The minimum absolute atomic E-state index is 0.257. The van der Waals surface area contributed by atoms with Crippen molar-refractivity contribution in [3.63, 3.8) is 0 Å². The van der Waals surface area contributed by atoms with Crippen molar-refractivity contribution >= 4 is 10.0 Å². The zero-order valence-corrected chi connectivity index (χ0v) is 14.8. The highest BCUT2D eigenvalue weighted by molar-refractivity contribution is 7.89. The van der Waals surface area contributed by atoms with Crippen LogP contribution in [0.15, 0.2) is 60.0 Å². The number of fused-ring (bicyclic) bond motifs is 1. The van der Waals surface area contributed by atoms with Gasteiger partial charge in [0, 0.05) is 37.1 Å². The van der Waals surface area contributed by atoms with E-state index in [-0.39, 0.29) is 11.4 Å². The van der Waals surface area contributed by atoms with Crippen LogP contribution in [0.4, 0.5) is 0 Å². The van der Waals surface area contributed by atoms with Gasteiger partial charge in [-0.15, -0.1) is 0 Å². The molecule has 2 aromatic heterocycles. The summed E-state index contributed by atoms with van der Waals surface area (Å²) in [5.41, 5.74) is 2.92. The second kappa shape index (κ2) is 6.89. The number of ether oxygens (including phenoxy) is 1. The molecule has 0 radical (unpaired) electrons. The van der Waals surface area contributed by atoms with Gasteiger partial charge < -0.3 is 4.74 Å². The first-order valence-electron chi connectivity index (χ1n) is 8.30. The quantitative estimate of drug-likeness (QED) is 0.716. The predicted octanol–water partition coefficient (Wildman–Crippen LogP) is 1.86. The van der Waals surface area contributed by atoms with Crippen molar-refractivity contribution in [3.05, 3.63) is 60.7 Å². The first-order chi connectivity index (χ1) is 12.6. The maximum absolute atomic E-state index is 12.5. The van der Waals surface area contributed by atoms with Crippen molar-refractivity contribution in [3.8, 4) is 16.9 Å². The van der Waals surface area contributed by atoms with Gasteiger partial charge in [0.1, 0.15) is 5.75 Å². The van der Waals surface area contributed by atoms with Crippen LogP contribution in [0.5, 0.6) is 5.75 Å². The molecule has 0 fully saturated rings. The number of sulfonamides is 1. The molecule has 0 saturated carbocycles. The molecule has 1 aliphatic heterocycles. The zero-order chi connectivity index (χ0) is 18.0. The Morgan fingerprint density at radius 3 is 2.85 bits per heavy atom. The van der Waals surface area contributed by atoms with Crippen molar-refractivity contribution in [2.75, 3.05) is 13.2 Å². The maximum atomic E-state index is 12.5. The van der Waals surface area contributed by atoms with E-state index in [0.717, 1.165) is 28.9 Å². The van der Waals surface area contributed by atoms with Crippen LogP contribution < -0.4 is 9.46 Å². The molecule has 0 bridgehead atoms. The lowest BCUT2D eigenvalue weighted by atomic mass is 10.1. The molecular formula is C18H18N4O3S. The van der Waals surface area contributed by atoms with Gasteiger partial charge in [-0.25, -0.2) is 13.1 Å². The van der Waals surface area contributed by atoms with Gasteiger partial charge in [-0.1, -0.05) is 0 Å². The maximum Gasteiger partial charge on any atom is 0.240 e. The Labute approximate surface area is 151 Å². The number of nitrogens with one attached hydrogen (secondary N) is 1. The Hall–Kier alpha value is -2.71. The van der Waals surface area contributed by atoms with E-state index in [1.165, 1.54) is 0 Å². The molecule has 0 spiro atoms. The Morgan fingerprint density at radius 1 is 1.15 bits per heavy atom. The summed E-state index contributed by atoms with van der Waals surface area (Å²) in [7, 11) is -3.55. The van der Waals surface area contributed by atoms with Crippen molar-refractivity contribution in [1.29, 1.82) is 0 Å². The van der Waals surface area contributed by atoms with Crippen LogP contribution >= 0.6 is 0 Å². The number of pyridine rings is 1. The van der Waals surface area contributed by atoms with Gasteiger partial charge in [0.2, 0.25) is 10.0 Å². The lowest BCUT2D eigenvalue weighted by Gasteiger charge is -2.08. The molecule has 1 aliphatic rings. The summed E-state index contributed by atoms with van der Waals surface area (Å²) in [5, 5.41) is 4.28. The van der Waals surface area contributed by atoms with E-state index in [0.29, 0.717) is 13.2 Å². The number of nitrogens with zero attached hydrogens (tertiary/aromatic N) is 3. The van der Waals surface area contributed by atoms with Gasteiger partial charge in [-0.2, -0.15) is 5.10 Å². The molecule has 8 heteroatoms. The highest BCUT2D eigenvalue weighted by Gasteiger charge is 2.18. The third-order valence-electron chi connectivity index (χ3n) is 4.25. The smallest absolute Gasteiger partial charge is 0.240 e. The minimum Gasteiger partial charge on any atom is -0.493 e. The third-order valence-corrected chi connectivity index (χ3v) is 5.71. The van der Waals surface area contributed by atoms with Crippen LogP contribution in [-0.4, -0.2) is 36.3 Å². The lowest BCUT2D eigenvalue weighted by Crippen LogP contribution is -2.27. The fraction of sp³-hybridized carbons (Fsp3) is 0.222. The van der Waals surface area contributed by atoms with Gasteiger partial charge in [0.05, 0.1) is 24.2 Å². The summed E-state index contributed by atoms with van der Waals surface area (Å²) in [4.78, 5) is 4.26. The average molecular weight is 370 g/mol. The second-order valence-electron chi connectivity index (χ2n) is 5.99. The van der Waals surface area contributed by atoms with Crippen molar-refractivity contribution < 1.29 is 13.2 Å². The molecule has 7 nitrogen and oxygen atoms in total. The highest BCUT2D eigenvalue weighted by atomic mass is 32.2. The van der Waals surface area contributed by atoms with Crippen molar-refractivity contribution in [2.24, 2.45) is 0 Å². The predicted molar refractivity (Wildman–Crippen MR) is 96.3 cm³/mol. The number of benzene rings is 1. The molecule has 0 atom stereocenters. The van der Waals surface area contributed by atoms with Gasteiger partial charge >= 0.3 is 0 Å². The van der Waals surface area contributed by atoms with Crippen molar-refractivity contribution in [1.82, 2.24) is 19.5 Å². The monoisotopic (exact) mass is 370 g/mol. The summed E-state index contributed by atoms with van der Waals surface area (Å²) in [6.45, 7) is 1.30. The molecule has 0 unspecified atom stereocenters. The molecule has 0 amide bonds. The molecule has 134 valence electrons. The zero-order valence-electron chi connectivity index (χ0n) is 14.0. The number of hydrogen-bond acceptors (Lipinski definition) is 5. The van der Waals surface area contributed by atoms with Gasteiger partial charge in [-0.05, 0) is 41.5 Å². The normalized spacial score (nSPS) is 13.4. The molecule has 1 N–H and O–H groups in total. The van der Waals surface area contributed by atoms with E-state index in [1.807, 2.05) is 18.3 Å². The van der Waals surface area contributed by atoms with Gasteiger partial charge in [-0.3, -0.25) is 9.67 Å². The average Bonchev–Trinajstić information content (AvgIpc) is 3.31. The molecule has 26 heavy (non-hydrogen) atoms. The molecule has 3 aromatic rings. The molecule has 4 rings (SSSR count). The fourth-order valence-electron chi connectivity index (χ4n) is 2.89. The van der Waals surface area contributed by atoms with E-state index in [9.17, 15) is 8.42 Å². The van der Waals surface area contributed by atoms with Crippen LogP contribution in [0.3, 0.4) is 0 Å². The molecular weight excluding hydrogens is 352 g/mol. The summed E-state index contributed by atoms with van der Waals surface area (Å²) in [6.07, 6.45) is 7.83. The first-order valence-corrected chi connectivity index (χ1v) is 9.78. The van der Waals surface area contributed by atoms with Crippen LogP contribution in [0, 0.1) is 0 Å². The SMILES string of the molecule is O=S(=O)(NCCn1cc(-c2ccncc2)cn1)c1ccc2c(c1)CCO2. The fourth-order valence-corrected chi connectivity index (χ4v) is 3.96. The topological polar surface area (TPSA) is 86.1 Å². The summed E-state index contributed by atoms with van der Waals surface area (Å²) >= 11 is 0. The Kier molecular flexibility index (Phi) is 4.44. The van der Waals surface area contributed by atoms with Crippen LogP contribution in [0.1, 0.15) is 5.56 Å². The Balaban J connectivity index is 1.39. The molecule has 3 heterocycles. The number of aromatic nitrogens is 3. The molecule has 0 aliphatic carbocycles. The van der Waals surface area contributed by atoms with Gasteiger partial charge in [0.25, 0.3) is 0 Å². The van der Waals surface area contributed by atoms with E-state index in [4.69, 9.17) is 4.74 Å². The highest BCUT2D eigenvalue weighted by Crippen LogP contribution is 2.27. The standard InChI is InChI=1S/C18H18N4O3S/c23-26(24,17-1-2-18-15(11-17)5-10-25-18)21-8-9-22-13-16(12-20-22)14-3-6-19-7-4-14/h1-4,6-7,11-13,21H,5,8-10H2. The van der Waals surface area contributed by atoms with Crippen LogP contribution in [-0.2, 0) is 23.0 Å². The summed E-state index contributed by atoms with van der Waals surface area (Å²) < 4.78 is 34.7. The lowest BCUT2D eigenvalue weighted by molar-refractivity contribution is 0.356. The largest absolute Gasteiger partial charge is 0.493 e. The van der Waals surface area contributed by atoms with Crippen LogP contribution in [0.2, 0.25) is 0 Å². The first kappa shape index (κ1) is 16.7. The van der Waals surface area contributed by atoms with Gasteiger partial charge in [0.15, 0.2) is 0 Å². The Morgan fingerprint density at radius 2 is 2.00 bits per heavy atom. The molecule has 1 aromatic carbocycles. The summed E-state index contributed by atoms with van der Waals surface area (Å²) in [6, 6.07) is 8.77. The number of rotatable bonds is 6. The van der Waals surface area contributed by atoms with E-state index in [2.05, 4.69) is 14.8 Å². The van der Waals surface area contributed by atoms with E-state index < -0.39 is 10.0 Å². The minimum atomic E-state index is -3.55. The van der Waals surface area contributed by atoms with Crippen LogP contribution in [0.25, 0.3) is 11.1 Å². The summed E-state index contributed by atoms with van der Waals surface area (Å²) in [5.74, 6) is 0.768. The third kappa shape index (κ3) is 3.47. The Bertz CT molecular complexity index is 1020. The van der Waals surface area contributed by atoms with E-state index in [1.54, 1.807) is 41.5 Å². The number of hydrogen-bond donors (Lipinski definition) is 1.